The Morgan fingerprint density at radius 3 is 2.45 bits per heavy atom. The largest absolute Gasteiger partial charge is 0.339 e. The van der Waals surface area contributed by atoms with Crippen LogP contribution in [0.1, 0.15) is 46.7 Å². The third kappa shape index (κ3) is 5.61. The van der Waals surface area contributed by atoms with Gasteiger partial charge < -0.3 is 10.2 Å². The van der Waals surface area contributed by atoms with Crippen LogP contribution in [0.5, 0.6) is 0 Å². The Morgan fingerprint density at radius 2 is 1.77 bits per heavy atom. The molecule has 1 heterocycles. The van der Waals surface area contributed by atoms with Crippen molar-refractivity contribution in [1.29, 1.82) is 0 Å². The van der Waals surface area contributed by atoms with Crippen molar-refractivity contribution in [2.24, 2.45) is 0 Å². The molecular weight excluding hydrogens is 450 g/mol. The number of rotatable bonds is 7. The fraction of sp³-hybridized carbons (Fsp3) is 0.261. The number of amides is 2. The van der Waals surface area contributed by atoms with E-state index in [0.29, 0.717) is 34.2 Å². The summed E-state index contributed by atoms with van der Waals surface area (Å²) in [7, 11) is 0. The highest BCUT2D eigenvalue weighted by Crippen LogP contribution is 2.35. The van der Waals surface area contributed by atoms with Crippen molar-refractivity contribution in [3.63, 3.8) is 0 Å². The number of nitrogens with one attached hydrogen (secondary N) is 2. The van der Waals surface area contributed by atoms with Crippen LogP contribution in [-0.4, -0.2) is 34.9 Å². The summed E-state index contributed by atoms with van der Waals surface area (Å²) in [6.07, 6.45) is 1.81. The first-order valence-electron chi connectivity index (χ1n) is 10.1. The number of hydrogen-bond acceptors (Lipinski definition) is 4. The predicted molar refractivity (Wildman–Crippen MR) is 133 cm³/mol. The Morgan fingerprint density at radius 1 is 1.06 bits per heavy atom. The molecule has 0 aliphatic rings. The van der Waals surface area contributed by atoms with Crippen molar-refractivity contribution >= 4 is 67.9 Å². The van der Waals surface area contributed by atoms with Crippen LogP contribution in [0, 0.1) is 0 Å². The van der Waals surface area contributed by atoms with Crippen LogP contribution in [0.25, 0.3) is 10.1 Å². The third-order valence-corrected chi connectivity index (χ3v) is 6.49. The lowest BCUT2D eigenvalue weighted by Gasteiger charge is -2.21. The van der Waals surface area contributed by atoms with Crippen LogP contribution in [0.15, 0.2) is 48.5 Å². The molecule has 2 N–H and O–H groups in total. The van der Waals surface area contributed by atoms with Crippen molar-refractivity contribution in [1.82, 2.24) is 10.2 Å². The third-order valence-electron chi connectivity index (χ3n) is 4.61. The van der Waals surface area contributed by atoms with E-state index >= 15 is 0 Å². The molecule has 0 aliphatic carbocycles. The molecule has 3 aromatic rings. The van der Waals surface area contributed by atoms with Crippen molar-refractivity contribution in [3.05, 3.63) is 64.0 Å². The molecule has 0 radical (unpaired) electrons. The van der Waals surface area contributed by atoms with Crippen LogP contribution in [-0.2, 0) is 0 Å². The minimum atomic E-state index is -0.368. The second kappa shape index (κ2) is 10.7. The number of benzene rings is 2. The molecule has 0 fully saturated rings. The van der Waals surface area contributed by atoms with Gasteiger partial charge in [0.05, 0.1) is 5.02 Å². The summed E-state index contributed by atoms with van der Waals surface area (Å²) in [4.78, 5) is 27.8. The number of nitrogens with zero attached hydrogens (tertiary/aromatic N) is 1. The van der Waals surface area contributed by atoms with Crippen molar-refractivity contribution in [2.75, 3.05) is 18.4 Å². The molecule has 0 bridgehead atoms. The van der Waals surface area contributed by atoms with E-state index in [1.165, 1.54) is 11.3 Å². The summed E-state index contributed by atoms with van der Waals surface area (Å²) in [5.74, 6) is -0.382. The molecule has 0 atom stereocenters. The van der Waals surface area contributed by atoms with Crippen LogP contribution in [0.2, 0.25) is 5.02 Å². The zero-order valence-electron chi connectivity index (χ0n) is 17.4. The highest BCUT2D eigenvalue weighted by atomic mass is 35.5. The van der Waals surface area contributed by atoms with Gasteiger partial charge in [0.15, 0.2) is 5.11 Å². The molecule has 2 amide bonds. The first-order chi connectivity index (χ1) is 14.9. The molecule has 0 aliphatic heterocycles. The first-order valence-corrected chi connectivity index (χ1v) is 11.7. The lowest BCUT2D eigenvalue weighted by molar-refractivity contribution is 0.0755. The number of anilines is 1. The van der Waals surface area contributed by atoms with Gasteiger partial charge in [0.2, 0.25) is 0 Å². The highest BCUT2D eigenvalue weighted by molar-refractivity contribution is 7.80. The Labute approximate surface area is 196 Å². The van der Waals surface area contributed by atoms with Gasteiger partial charge in [-0.25, -0.2) is 0 Å². The van der Waals surface area contributed by atoms with Crippen LogP contribution in [0.4, 0.5) is 5.69 Å². The van der Waals surface area contributed by atoms with Gasteiger partial charge in [-0.15, -0.1) is 11.3 Å². The van der Waals surface area contributed by atoms with Gasteiger partial charge in [0.25, 0.3) is 11.8 Å². The lowest BCUT2D eigenvalue weighted by atomic mass is 10.1. The lowest BCUT2D eigenvalue weighted by Crippen LogP contribution is -2.34. The second-order valence-electron chi connectivity index (χ2n) is 7.02. The van der Waals surface area contributed by atoms with E-state index in [-0.39, 0.29) is 16.9 Å². The van der Waals surface area contributed by atoms with E-state index in [4.69, 9.17) is 23.8 Å². The van der Waals surface area contributed by atoms with E-state index in [1.54, 1.807) is 24.3 Å². The molecule has 0 unspecified atom stereocenters. The molecule has 0 spiro atoms. The molecule has 5 nitrogen and oxygen atoms in total. The van der Waals surface area contributed by atoms with E-state index < -0.39 is 0 Å². The predicted octanol–water partition coefficient (Wildman–Crippen LogP) is 5.94. The first kappa shape index (κ1) is 23.2. The summed E-state index contributed by atoms with van der Waals surface area (Å²) in [6, 6.07) is 14.7. The van der Waals surface area contributed by atoms with Gasteiger partial charge in [-0.05, 0) is 49.3 Å². The van der Waals surface area contributed by atoms with E-state index in [2.05, 4.69) is 24.5 Å². The van der Waals surface area contributed by atoms with Gasteiger partial charge in [0, 0.05) is 34.4 Å². The van der Waals surface area contributed by atoms with Crippen molar-refractivity contribution < 1.29 is 9.59 Å². The van der Waals surface area contributed by atoms with Crippen LogP contribution < -0.4 is 10.6 Å². The Bertz CT molecular complexity index is 1110. The SMILES string of the molecule is CCCN(CCC)C(=O)c1cccc(NC(=S)NC(=O)c2sc3ccccc3c2Cl)c1. The standard InChI is InChI=1S/C23H24ClN3O2S2/c1-3-12-27(13-4-2)22(29)15-8-7-9-16(14-15)25-23(30)26-21(28)20-19(24)17-10-5-6-11-18(17)31-20/h5-11,14H,3-4,12-13H2,1-2H3,(H2,25,26,28,30). The van der Waals surface area contributed by atoms with E-state index in [1.807, 2.05) is 29.2 Å². The summed E-state index contributed by atoms with van der Waals surface area (Å²) < 4.78 is 0.937. The topological polar surface area (TPSA) is 61.4 Å². The zero-order valence-corrected chi connectivity index (χ0v) is 19.8. The smallest absolute Gasteiger partial charge is 0.269 e. The Balaban J connectivity index is 1.69. The summed E-state index contributed by atoms with van der Waals surface area (Å²) in [6.45, 7) is 5.54. The molecule has 0 saturated carbocycles. The molecule has 0 saturated heterocycles. The maximum Gasteiger partial charge on any atom is 0.269 e. The van der Waals surface area contributed by atoms with Gasteiger partial charge >= 0.3 is 0 Å². The van der Waals surface area contributed by atoms with Gasteiger partial charge in [-0.1, -0.05) is 49.7 Å². The van der Waals surface area contributed by atoms with Gasteiger partial charge in [-0.3, -0.25) is 14.9 Å². The number of carbonyl (C=O) groups excluding carboxylic acids is 2. The molecule has 8 heteroatoms. The van der Waals surface area contributed by atoms with Crippen LogP contribution >= 0.6 is 35.2 Å². The number of hydrogen-bond donors (Lipinski definition) is 2. The maximum atomic E-state index is 12.8. The quantitative estimate of drug-likeness (QED) is 0.416. The maximum absolute atomic E-state index is 12.8. The van der Waals surface area contributed by atoms with E-state index in [0.717, 1.165) is 22.9 Å². The normalized spacial score (nSPS) is 10.7. The number of carbonyl (C=O) groups is 2. The molecule has 162 valence electrons. The fourth-order valence-electron chi connectivity index (χ4n) is 3.25. The minimum absolute atomic E-state index is 0.0145. The second-order valence-corrected chi connectivity index (χ2v) is 8.86. The highest BCUT2D eigenvalue weighted by Gasteiger charge is 2.18. The monoisotopic (exact) mass is 473 g/mol. The molecule has 2 aromatic carbocycles. The van der Waals surface area contributed by atoms with Crippen molar-refractivity contribution in [3.8, 4) is 0 Å². The van der Waals surface area contributed by atoms with Gasteiger partial charge in [0.1, 0.15) is 4.88 Å². The number of thiophene rings is 1. The zero-order chi connectivity index (χ0) is 22.4. The number of halogens is 1. The fourth-order valence-corrected chi connectivity index (χ4v) is 4.87. The number of fused-ring (bicyclic) bond motifs is 1. The molecule has 3 rings (SSSR count). The Hall–Kier alpha value is -2.48. The number of thiocarbonyl (C=S) groups is 1. The Kier molecular flexibility index (Phi) is 8.01. The molecule has 1 aromatic heterocycles. The summed E-state index contributed by atoms with van der Waals surface area (Å²) in [5.41, 5.74) is 1.21. The summed E-state index contributed by atoms with van der Waals surface area (Å²) >= 11 is 13.0. The minimum Gasteiger partial charge on any atom is -0.339 e. The van der Waals surface area contributed by atoms with E-state index in [9.17, 15) is 9.59 Å². The average molecular weight is 474 g/mol. The molecule has 31 heavy (non-hydrogen) atoms. The van der Waals surface area contributed by atoms with Crippen LogP contribution in [0.3, 0.4) is 0 Å². The van der Waals surface area contributed by atoms with Crippen molar-refractivity contribution in [2.45, 2.75) is 26.7 Å². The average Bonchev–Trinajstić information content (AvgIpc) is 3.10. The molecular formula is C23H24ClN3O2S2. The summed E-state index contributed by atoms with van der Waals surface area (Å²) in [5, 5.41) is 7.05. The van der Waals surface area contributed by atoms with Gasteiger partial charge in [-0.2, -0.15) is 0 Å².